The van der Waals surface area contributed by atoms with Crippen LogP contribution in [-0.4, -0.2) is 44.1 Å². The summed E-state index contributed by atoms with van der Waals surface area (Å²) >= 11 is 4.30. The molecule has 0 amide bonds. The van der Waals surface area contributed by atoms with Crippen LogP contribution in [0.2, 0.25) is 0 Å². The van der Waals surface area contributed by atoms with Crippen molar-refractivity contribution in [3.8, 4) is 5.75 Å². The molecule has 0 bridgehead atoms. The van der Waals surface area contributed by atoms with Gasteiger partial charge in [0.05, 0.1) is 7.11 Å². The Morgan fingerprint density at radius 3 is 2.25 bits per heavy atom. The topological polar surface area (TPSA) is 15.7 Å². The largest absolute Gasteiger partial charge is 0.497 e. The van der Waals surface area contributed by atoms with Crippen molar-refractivity contribution in [2.45, 2.75) is 0 Å². The van der Waals surface area contributed by atoms with Crippen LogP contribution in [0.15, 0.2) is 24.3 Å². The summed E-state index contributed by atoms with van der Waals surface area (Å²) in [6.07, 6.45) is 0. The summed E-state index contributed by atoms with van der Waals surface area (Å²) in [6.45, 7) is 4.34. The highest BCUT2D eigenvalue weighted by molar-refractivity contribution is 7.80. The lowest BCUT2D eigenvalue weighted by Crippen LogP contribution is -2.45. The van der Waals surface area contributed by atoms with E-state index in [1.54, 1.807) is 7.11 Å². The van der Waals surface area contributed by atoms with Crippen LogP contribution in [0.25, 0.3) is 0 Å². The van der Waals surface area contributed by atoms with Gasteiger partial charge in [-0.05, 0) is 24.3 Å². The van der Waals surface area contributed by atoms with E-state index in [1.165, 1.54) is 5.69 Å². The Hall–Kier alpha value is -0.870. The second-order valence-electron chi connectivity index (χ2n) is 3.94. The molecule has 0 spiro atoms. The molecule has 0 atom stereocenters. The summed E-state index contributed by atoms with van der Waals surface area (Å²) in [7, 11) is 1.69. The molecule has 1 heterocycles. The maximum atomic E-state index is 5.15. The first-order valence-corrected chi connectivity index (χ1v) is 6.19. The molecule has 0 saturated carbocycles. The Morgan fingerprint density at radius 1 is 1.12 bits per heavy atom. The zero-order chi connectivity index (χ0) is 11.4. The zero-order valence-electron chi connectivity index (χ0n) is 9.59. The highest BCUT2D eigenvalue weighted by atomic mass is 32.1. The number of nitrogens with zero attached hydrogens (tertiary/aromatic N) is 2. The third-order valence-corrected chi connectivity index (χ3v) is 3.41. The van der Waals surface area contributed by atoms with Crippen LogP contribution in [0.3, 0.4) is 0 Å². The number of benzene rings is 1. The van der Waals surface area contributed by atoms with Gasteiger partial charge in [0.1, 0.15) is 5.75 Å². The fourth-order valence-electron chi connectivity index (χ4n) is 1.94. The highest BCUT2D eigenvalue weighted by Crippen LogP contribution is 2.20. The van der Waals surface area contributed by atoms with E-state index in [0.717, 1.165) is 37.8 Å². The highest BCUT2D eigenvalue weighted by Gasteiger charge is 2.15. The molecule has 16 heavy (non-hydrogen) atoms. The number of thiol groups is 1. The number of rotatable bonds is 3. The van der Waals surface area contributed by atoms with E-state index in [-0.39, 0.29) is 0 Å². The van der Waals surface area contributed by atoms with Crippen LogP contribution < -0.4 is 9.64 Å². The Kier molecular flexibility index (Phi) is 3.96. The molecular formula is C12H18N2OS. The lowest BCUT2D eigenvalue weighted by molar-refractivity contribution is 0.301. The van der Waals surface area contributed by atoms with Crippen molar-refractivity contribution in [2.24, 2.45) is 0 Å². The van der Waals surface area contributed by atoms with Crippen molar-refractivity contribution in [3.05, 3.63) is 24.3 Å². The molecule has 2 rings (SSSR count). The molecule has 1 saturated heterocycles. The number of hydrogen-bond acceptors (Lipinski definition) is 4. The standard InChI is InChI=1S/C12H18N2OS/c1-15-12-4-2-11(3-5-12)14-8-6-13(10-16)7-9-14/h2-5,16H,6-10H2,1H3. The van der Waals surface area contributed by atoms with Crippen LogP contribution in [0, 0.1) is 0 Å². The fraction of sp³-hybridized carbons (Fsp3) is 0.500. The maximum Gasteiger partial charge on any atom is 0.119 e. The lowest BCUT2D eigenvalue weighted by atomic mass is 10.2. The molecule has 3 nitrogen and oxygen atoms in total. The molecule has 1 aliphatic heterocycles. The van der Waals surface area contributed by atoms with E-state index in [4.69, 9.17) is 4.74 Å². The molecule has 0 radical (unpaired) electrons. The third kappa shape index (κ3) is 2.62. The van der Waals surface area contributed by atoms with Crippen molar-refractivity contribution in [3.63, 3.8) is 0 Å². The Morgan fingerprint density at radius 2 is 1.75 bits per heavy atom. The first kappa shape index (κ1) is 11.6. The molecule has 1 aliphatic rings. The minimum absolute atomic E-state index is 0.858. The van der Waals surface area contributed by atoms with Crippen LogP contribution in [0.4, 0.5) is 5.69 Å². The smallest absolute Gasteiger partial charge is 0.119 e. The van der Waals surface area contributed by atoms with Gasteiger partial charge in [-0.25, -0.2) is 0 Å². The summed E-state index contributed by atoms with van der Waals surface area (Å²) in [4.78, 5) is 4.75. The summed E-state index contributed by atoms with van der Waals surface area (Å²) in [5, 5.41) is 0. The molecular weight excluding hydrogens is 220 g/mol. The van der Waals surface area contributed by atoms with Crippen LogP contribution in [0.1, 0.15) is 0 Å². The van der Waals surface area contributed by atoms with E-state index >= 15 is 0 Å². The molecule has 4 heteroatoms. The fourth-order valence-corrected chi connectivity index (χ4v) is 2.22. The minimum Gasteiger partial charge on any atom is -0.497 e. The van der Waals surface area contributed by atoms with Gasteiger partial charge in [-0.15, -0.1) is 0 Å². The van der Waals surface area contributed by atoms with Gasteiger partial charge in [0.25, 0.3) is 0 Å². The van der Waals surface area contributed by atoms with E-state index in [0.29, 0.717) is 0 Å². The van der Waals surface area contributed by atoms with Gasteiger partial charge >= 0.3 is 0 Å². The molecule has 0 N–H and O–H groups in total. The average Bonchev–Trinajstić information content (AvgIpc) is 2.39. The molecule has 0 aromatic heterocycles. The van der Waals surface area contributed by atoms with Gasteiger partial charge in [-0.2, -0.15) is 12.6 Å². The molecule has 1 aromatic carbocycles. The van der Waals surface area contributed by atoms with Crippen molar-refractivity contribution in [1.29, 1.82) is 0 Å². The molecule has 0 aliphatic carbocycles. The summed E-state index contributed by atoms with van der Waals surface area (Å²) < 4.78 is 5.15. The molecule has 88 valence electrons. The van der Waals surface area contributed by atoms with Gasteiger partial charge in [-0.3, -0.25) is 4.90 Å². The van der Waals surface area contributed by atoms with Gasteiger partial charge in [0, 0.05) is 37.7 Å². The minimum atomic E-state index is 0.858. The van der Waals surface area contributed by atoms with Gasteiger partial charge < -0.3 is 9.64 Å². The third-order valence-electron chi connectivity index (χ3n) is 3.01. The predicted molar refractivity (Wildman–Crippen MR) is 70.6 cm³/mol. The van der Waals surface area contributed by atoms with Crippen molar-refractivity contribution < 1.29 is 4.74 Å². The predicted octanol–water partition coefficient (Wildman–Crippen LogP) is 1.70. The van der Waals surface area contributed by atoms with Crippen molar-refractivity contribution in [2.75, 3.05) is 44.1 Å². The van der Waals surface area contributed by atoms with Gasteiger partial charge in [0.2, 0.25) is 0 Å². The first-order valence-electron chi connectivity index (χ1n) is 5.55. The van der Waals surface area contributed by atoms with E-state index < -0.39 is 0 Å². The quantitative estimate of drug-likeness (QED) is 0.807. The number of methoxy groups -OCH3 is 1. The summed E-state index contributed by atoms with van der Waals surface area (Å²) in [5.74, 6) is 1.77. The Labute approximate surface area is 102 Å². The van der Waals surface area contributed by atoms with Crippen LogP contribution in [-0.2, 0) is 0 Å². The maximum absolute atomic E-state index is 5.15. The number of anilines is 1. The molecule has 1 aromatic rings. The molecule has 1 fully saturated rings. The second kappa shape index (κ2) is 5.46. The Balaban J connectivity index is 1.97. The second-order valence-corrected chi connectivity index (χ2v) is 4.23. The monoisotopic (exact) mass is 238 g/mol. The summed E-state index contributed by atoms with van der Waals surface area (Å²) in [5.41, 5.74) is 1.28. The SMILES string of the molecule is COc1ccc(N2CCN(CS)CC2)cc1. The average molecular weight is 238 g/mol. The van der Waals surface area contributed by atoms with E-state index in [9.17, 15) is 0 Å². The van der Waals surface area contributed by atoms with E-state index in [2.05, 4.69) is 34.6 Å². The summed E-state index contributed by atoms with van der Waals surface area (Å²) in [6, 6.07) is 8.27. The van der Waals surface area contributed by atoms with Crippen molar-refractivity contribution >= 4 is 18.3 Å². The van der Waals surface area contributed by atoms with Crippen LogP contribution in [0.5, 0.6) is 5.75 Å². The van der Waals surface area contributed by atoms with Gasteiger partial charge in [-0.1, -0.05) is 0 Å². The van der Waals surface area contributed by atoms with E-state index in [1.807, 2.05) is 12.1 Å². The normalized spacial score (nSPS) is 17.5. The Bertz CT molecular complexity index is 320. The first-order chi connectivity index (χ1) is 7.83. The number of piperazine rings is 1. The zero-order valence-corrected chi connectivity index (χ0v) is 10.5. The van der Waals surface area contributed by atoms with Crippen LogP contribution >= 0.6 is 12.6 Å². The number of hydrogen-bond donors (Lipinski definition) is 1. The lowest BCUT2D eigenvalue weighted by Gasteiger charge is -2.35. The van der Waals surface area contributed by atoms with Gasteiger partial charge in [0.15, 0.2) is 0 Å². The molecule has 0 unspecified atom stereocenters. The number of ether oxygens (including phenoxy) is 1. The van der Waals surface area contributed by atoms with Crippen molar-refractivity contribution in [1.82, 2.24) is 4.90 Å².